The van der Waals surface area contributed by atoms with E-state index in [0.717, 1.165) is 11.1 Å². The van der Waals surface area contributed by atoms with E-state index >= 15 is 0 Å². The van der Waals surface area contributed by atoms with Crippen molar-refractivity contribution in [3.8, 4) is 6.07 Å². The van der Waals surface area contributed by atoms with Crippen molar-refractivity contribution in [3.05, 3.63) is 71.3 Å². The standard InChI is InChI=1S/C20H20N4/c1-20(2,3)14-23-19(17-11-7-8-15(12-17)13-21)24-18(22)16-9-5-4-6-10-16/h4-12,14,22H,1-3H3/b22-18?,23-14+,24-19-. The fourth-order valence-electron chi connectivity index (χ4n) is 1.92. The van der Waals surface area contributed by atoms with Gasteiger partial charge in [0.25, 0.3) is 0 Å². The molecule has 0 radical (unpaired) electrons. The van der Waals surface area contributed by atoms with E-state index < -0.39 is 0 Å². The van der Waals surface area contributed by atoms with Gasteiger partial charge in [-0.05, 0) is 17.5 Å². The van der Waals surface area contributed by atoms with Crippen molar-refractivity contribution in [2.24, 2.45) is 15.4 Å². The number of hydrogen-bond acceptors (Lipinski definition) is 2. The first-order valence-corrected chi connectivity index (χ1v) is 7.67. The molecular formula is C20H20N4. The summed E-state index contributed by atoms with van der Waals surface area (Å²) in [6.07, 6.45) is 1.81. The third-order valence-electron chi connectivity index (χ3n) is 3.09. The first-order valence-electron chi connectivity index (χ1n) is 7.67. The Morgan fingerprint density at radius 1 is 1.04 bits per heavy atom. The summed E-state index contributed by atoms with van der Waals surface area (Å²) in [5.41, 5.74) is 1.87. The van der Waals surface area contributed by atoms with Gasteiger partial charge >= 0.3 is 0 Å². The third-order valence-corrected chi connectivity index (χ3v) is 3.09. The minimum absolute atomic E-state index is 0.109. The molecule has 0 spiro atoms. The molecule has 0 bridgehead atoms. The number of nitrogens with one attached hydrogen (secondary N) is 1. The zero-order valence-corrected chi connectivity index (χ0v) is 14.1. The Labute approximate surface area is 142 Å². The van der Waals surface area contributed by atoms with Crippen LogP contribution in [0.1, 0.15) is 37.5 Å². The predicted octanol–water partition coefficient (Wildman–Crippen LogP) is 4.45. The third kappa shape index (κ3) is 4.99. The van der Waals surface area contributed by atoms with Crippen molar-refractivity contribution in [2.75, 3.05) is 0 Å². The number of amidine groups is 2. The molecule has 1 N–H and O–H groups in total. The van der Waals surface area contributed by atoms with Crippen molar-refractivity contribution in [2.45, 2.75) is 20.8 Å². The van der Waals surface area contributed by atoms with E-state index in [2.05, 4.69) is 16.1 Å². The van der Waals surface area contributed by atoms with Crippen LogP contribution < -0.4 is 0 Å². The number of aliphatic imine (C=N–C) groups is 2. The average Bonchev–Trinajstić information content (AvgIpc) is 2.58. The Hall–Kier alpha value is -3.06. The number of nitriles is 1. The van der Waals surface area contributed by atoms with Crippen molar-refractivity contribution < 1.29 is 0 Å². The summed E-state index contributed by atoms with van der Waals surface area (Å²) in [7, 11) is 0. The molecule has 0 aliphatic heterocycles. The lowest BCUT2D eigenvalue weighted by Crippen LogP contribution is -2.10. The average molecular weight is 316 g/mol. The van der Waals surface area contributed by atoms with E-state index in [1.54, 1.807) is 18.2 Å². The Balaban J connectivity index is 2.46. The van der Waals surface area contributed by atoms with Gasteiger partial charge in [0.15, 0.2) is 11.7 Å². The Morgan fingerprint density at radius 3 is 2.33 bits per heavy atom. The molecule has 0 atom stereocenters. The van der Waals surface area contributed by atoms with E-state index in [9.17, 15) is 0 Å². The van der Waals surface area contributed by atoms with Crippen LogP contribution in [0.15, 0.2) is 64.6 Å². The number of hydrogen-bond donors (Lipinski definition) is 1. The van der Waals surface area contributed by atoms with Gasteiger partial charge in [0.2, 0.25) is 0 Å². The van der Waals surface area contributed by atoms with E-state index in [4.69, 9.17) is 10.7 Å². The van der Waals surface area contributed by atoms with Crippen molar-refractivity contribution in [1.29, 1.82) is 10.7 Å². The van der Waals surface area contributed by atoms with Crippen LogP contribution >= 0.6 is 0 Å². The Kier molecular flexibility index (Phi) is 5.39. The van der Waals surface area contributed by atoms with Crippen LogP contribution in [0.5, 0.6) is 0 Å². The molecule has 4 nitrogen and oxygen atoms in total. The highest BCUT2D eigenvalue weighted by Crippen LogP contribution is 2.13. The first-order chi connectivity index (χ1) is 11.4. The monoisotopic (exact) mass is 316 g/mol. The van der Waals surface area contributed by atoms with Crippen LogP contribution in [0.2, 0.25) is 0 Å². The minimum Gasteiger partial charge on any atom is -0.282 e. The van der Waals surface area contributed by atoms with Crippen LogP contribution in [0.25, 0.3) is 0 Å². The quantitative estimate of drug-likeness (QED) is 0.645. The second-order valence-electron chi connectivity index (χ2n) is 6.47. The van der Waals surface area contributed by atoms with Gasteiger partial charge in [-0.1, -0.05) is 63.2 Å². The Bertz CT molecular complexity index is 819. The summed E-state index contributed by atoms with van der Waals surface area (Å²) in [4.78, 5) is 8.87. The largest absolute Gasteiger partial charge is 0.282 e. The molecule has 0 unspecified atom stereocenters. The predicted molar refractivity (Wildman–Crippen MR) is 98.9 cm³/mol. The number of benzene rings is 2. The lowest BCUT2D eigenvalue weighted by molar-refractivity contribution is 0.607. The van der Waals surface area contributed by atoms with Gasteiger partial charge in [0.05, 0.1) is 11.6 Å². The molecular weight excluding hydrogens is 296 g/mol. The molecule has 2 rings (SSSR count). The maximum absolute atomic E-state index is 9.09. The summed E-state index contributed by atoms with van der Waals surface area (Å²) in [5.74, 6) is 0.565. The first kappa shape index (κ1) is 17.3. The highest BCUT2D eigenvalue weighted by molar-refractivity contribution is 6.12. The number of rotatable bonds is 2. The second kappa shape index (κ2) is 7.47. The van der Waals surface area contributed by atoms with Crippen LogP contribution in [0.4, 0.5) is 0 Å². The van der Waals surface area contributed by atoms with Gasteiger partial charge in [-0.2, -0.15) is 5.26 Å². The van der Waals surface area contributed by atoms with Gasteiger partial charge in [-0.15, -0.1) is 0 Å². The summed E-state index contributed by atoms with van der Waals surface area (Å²) < 4.78 is 0. The maximum Gasteiger partial charge on any atom is 0.161 e. The molecule has 4 heteroatoms. The SMILES string of the molecule is CC(C)(C)/C=N/C(=N\C(=N)c1ccccc1)c1cccc(C#N)c1. The topological polar surface area (TPSA) is 72.4 Å². The highest BCUT2D eigenvalue weighted by Gasteiger charge is 2.10. The van der Waals surface area contributed by atoms with E-state index in [-0.39, 0.29) is 11.3 Å². The van der Waals surface area contributed by atoms with Crippen LogP contribution in [0, 0.1) is 22.2 Å². The second-order valence-corrected chi connectivity index (χ2v) is 6.47. The molecule has 2 aromatic carbocycles. The summed E-state index contributed by atoms with van der Waals surface area (Å²) in [6.45, 7) is 6.13. The fourth-order valence-corrected chi connectivity index (χ4v) is 1.92. The number of nitrogens with zero attached hydrogens (tertiary/aromatic N) is 3. The summed E-state index contributed by atoms with van der Waals surface area (Å²) in [5, 5.41) is 17.3. The lowest BCUT2D eigenvalue weighted by Gasteiger charge is -2.11. The van der Waals surface area contributed by atoms with Crippen molar-refractivity contribution >= 4 is 17.9 Å². The van der Waals surface area contributed by atoms with Gasteiger partial charge < -0.3 is 0 Å². The van der Waals surface area contributed by atoms with Gasteiger partial charge in [-0.3, -0.25) is 5.41 Å². The summed E-state index contributed by atoms with van der Waals surface area (Å²) in [6, 6.07) is 18.5. The van der Waals surface area contributed by atoms with Crippen LogP contribution in [-0.4, -0.2) is 17.9 Å². The van der Waals surface area contributed by atoms with Crippen LogP contribution in [-0.2, 0) is 0 Å². The maximum atomic E-state index is 9.09. The molecule has 120 valence electrons. The molecule has 0 saturated heterocycles. The van der Waals surface area contributed by atoms with Crippen LogP contribution in [0.3, 0.4) is 0 Å². The molecule has 2 aromatic rings. The van der Waals surface area contributed by atoms with Crippen molar-refractivity contribution in [1.82, 2.24) is 0 Å². The molecule has 0 aromatic heterocycles. The minimum atomic E-state index is -0.109. The van der Waals surface area contributed by atoms with E-state index in [1.807, 2.05) is 63.4 Å². The molecule has 0 heterocycles. The smallest absolute Gasteiger partial charge is 0.161 e. The lowest BCUT2D eigenvalue weighted by atomic mass is 9.99. The zero-order valence-electron chi connectivity index (χ0n) is 14.1. The van der Waals surface area contributed by atoms with Crippen molar-refractivity contribution in [3.63, 3.8) is 0 Å². The Morgan fingerprint density at radius 2 is 1.71 bits per heavy atom. The molecule has 0 fully saturated rings. The molecule has 24 heavy (non-hydrogen) atoms. The van der Waals surface area contributed by atoms with Gasteiger partial charge in [-0.25, -0.2) is 9.98 Å². The highest BCUT2D eigenvalue weighted by atomic mass is 14.9. The zero-order chi connectivity index (χ0) is 17.6. The normalized spacial score (nSPS) is 12.2. The van der Waals surface area contributed by atoms with E-state index in [1.165, 1.54) is 0 Å². The van der Waals surface area contributed by atoms with Gasteiger partial charge in [0, 0.05) is 17.3 Å². The molecule has 0 amide bonds. The molecule has 0 aliphatic rings. The van der Waals surface area contributed by atoms with Gasteiger partial charge in [0.1, 0.15) is 0 Å². The molecule has 0 saturated carbocycles. The fraction of sp³-hybridized carbons (Fsp3) is 0.200. The molecule has 0 aliphatic carbocycles. The summed E-state index contributed by atoms with van der Waals surface area (Å²) >= 11 is 0. The van der Waals surface area contributed by atoms with E-state index in [0.29, 0.717) is 11.4 Å².